The Hall–Kier alpha value is -3.48. The maximum absolute atomic E-state index is 13.0. The van der Waals surface area contributed by atoms with E-state index in [1.807, 2.05) is 36.6 Å². The van der Waals surface area contributed by atoms with Gasteiger partial charge >= 0.3 is 0 Å². The van der Waals surface area contributed by atoms with E-state index in [1.54, 1.807) is 28.7 Å². The number of hydrogen-bond donors (Lipinski definition) is 0. The van der Waals surface area contributed by atoms with Gasteiger partial charge in [-0.05, 0) is 79.6 Å². The van der Waals surface area contributed by atoms with Gasteiger partial charge in [-0.1, -0.05) is 84.0 Å². The standard InChI is InChI=1S/C22H23Cl2N3O2S2.C21H21Cl2N3O3S2/c1-2-3-16-4-6-17(7-5-16)20-15-30-22(25-20)26-10-12-27(13-11-26)31(28,29)21-9-8-18(23)14-19(21)24;1-2-29-17-6-3-15(4-7-17)19-14-30-21(24-19)25-9-11-26(12-10-25)31(27,28)20-8-5-16(22)13-18(20)23/h4-9,14-15H,2-3,10-13H2,1H3;3-8,13-14H,2,9-12H2,1H3. The van der Waals surface area contributed by atoms with Crippen LogP contribution in [0.25, 0.3) is 22.5 Å². The Morgan fingerprint density at radius 3 is 1.39 bits per heavy atom. The Morgan fingerprint density at radius 1 is 0.581 bits per heavy atom. The molecule has 0 N–H and O–H groups in total. The van der Waals surface area contributed by atoms with Gasteiger partial charge in [-0.2, -0.15) is 8.61 Å². The fourth-order valence-corrected chi connectivity index (χ4v) is 13.1. The highest BCUT2D eigenvalue weighted by Gasteiger charge is 2.32. The molecule has 0 atom stereocenters. The Labute approximate surface area is 391 Å². The quantitative estimate of drug-likeness (QED) is 0.118. The van der Waals surface area contributed by atoms with Crippen molar-refractivity contribution in [3.63, 3.8) is 0 Å². The van der Waals surface area contributed by atoms with Crippen LogP contribution in [0, 0.1) is 0 Å². The van der Waals surface area contributed by atoms with E-state index in [1.165, 1.54) is 44.5 Å². The van der Waals surface area contributed by atoms with E-state index in [0.717, 1.165) is 51.4 Å². The van der Waals surface area contributed by atoms with Gasteiger partial charge < -0.3 is 14.5 Å². The molecule has 0 radical (unpaired) electrons. The molecular weight excluding hydrogens is 951 g/mol. The third-order valence-electron chi connectivity index (χ3n) is 10.3. The molecule has 11 nitrogen and oxygen atoms in total. The summed E-state index contributed by atoms with van der Waals surface area (Å²) in [4.78, 5) is 14.0. The van der Waals surface area contributed by atoms with Crippen LogP contribution in [0.5, 0.6) is 5.75 Å². The second kappa shape index (κ2) is 20.6. The SMILES string of the molecule is CCCc1ccc(-c2csc(N3CCN(S(=O)(=O)c4ccc(Cl)cc4Cl)CC3)n2)cc1.CCOc1ccc(-c2csc(N3CCN(S(=O)(=O)c4ccc(Cl)cc4Cl)CC3)n2)cc1. The van der Waals surface area contributed by atoms with E-state index in [4.69, 9.17) is 61.1 Å². The summed E-state index contributed by atoms with van der Waals surface area (Å²) in [5.41, 5.74) is 5.29. The van der Waals surface area contributed by atoms with Crippen molar-refractivity contribution in [1.82, 2.24) is 18.6 Å². The second-order valence-corrected chi connectivity index (χ2v) is 21.5. The van der Waals surface area contributed by atoms with Crippen molar-refractivity contribution < 1.29 is 21.6 Å². The Balaban J connectivity index is 0.000000186. The molecule has 0 aliphatic carbocycles. The first-order valence-corrected chi connectivity index (χ1v) is 26.1. The molecule has 2 aliphatic rings. The number of hydrogen-bond acceptors (Lipinski definition) is 11. The van der Waals surface area contributed by atoms with Gasteiger partial charge in [0.25, 0.3) is 0 Å². The maximum Gasteiger partial charge on any atom is 0.244 e. The van der Waals surface area contributed by atoms with Gasteiger partial charge in [-0.25, -0.2) is 26.8 Å². The summed E-state index contributed by atoms with van der Waals surface area (Å²) in [5, 5.41) is 6.95. The minimum atomic E-state index is -3.67. The second-order valence-electron chi connectivity index (χ2n) is 14.4. The number of anilines is 2. The van der Waals surface area contributed by atoms with Crippen LogP contribution in [0.2, 0.25) is 20.1 Å². The number of nitrogens with zero attached hydrogens (tertiary/aromatic N) is 6. The molecule has 0 spiro atoms. The van der Waals surface area contributed by atoms with Crippen LogP contribution in [-0.4, -0.2) is 94.4 Å². The average molecular weight is 995 g/mol. The molecule has 2 fully saturated rings. The van der Waals surface area contributed by atoms with Gasteiger partial charge in [0.15, 0.2) is 10.3 Å². The summed E-state index contributed by atoms with van der Waals surface area (Å²) < 4.78 is 60.4. The lowest BCUT2D eigenvalue weighted by atomic mass is 10.1. The topological polar surface area (TPSA) is 116 Å². The largest absolute Gasteiger partial charge is 0.494 e. The van der Waals surface area contributed by atoms with Gasteiger partial charge in [0.2, 0.25) is 20.0 Å². The van der Waals surface area contributed by atoms with Gasteiger partial charge in [0, 0.05) is 84.3 Å². The molecule has 19 heteroatoms. The number of aryl methyl sites for hydroxylation is 1. The predicted octanol–water partition coefficient (Wildman–Crippen LogP) is 10.6. The molecule has 0 amide bonds. The summed E-state index contributed by atoms with van der Waals surface area (Å²) in [7, 11) is -7.34. The van der Waals surface area contributed by atoms with E-state index in [0.29, 0.717) is 69.0 Å². The first kappa shape index (κ1) is 46.5. The molecular formula is C43H44Cl4N6O5S4. The number of thiazole rings is 2. The van der Waals surface area contributed by atoms with Crippen LogP contribution in [0.15, 0.2) is 105 Å². The Morgan fingerprint density at radius 2 is 1.00 bits per heavy atom. The number of piperazine rings is 2. The van der Waals surface area contributed by atoms with Crippen LogP contribution in [0.3, 0.4) is 0 Å². The minimum Gasteiger partial charge on any atom is -0.494 e. The molecule has 2 aliphatic heterocycles. The summed E-state index contributed by atoms with van der Waals surface area (Å²) in [6.45, 7) is 8.50. The Bertz CT molecular complexity index is 2500. The van der Waals surface area contributed by atoms with E-state index < -0.39 is 20.0 Å². The highest BCUT2D eigenvalue weighted by atomic mass is 35.5. The smallest absolute Gasteiger partial charge is 0.244 e. The molecule has 6 aromatic rings. The third kappa shape index (κ3) is 10.9. The molecule has 0 unspecified atom stereocenters. The van der Waals surface area contributed by atoms with Crippen molar-refractivity contribution in [3.05, 3.63) is 121 Å². The summed E-state index contributed by atoms with van der Waals surface area (Å²) in [6.07, 6.45) is 2.21. The van der Waals surface area contributed by atoms with Crippen LogP contribution >= 0.6 is 69.1 Å². The predicted molar refractivity (Wildman–Crippen MR) is 255 cm³/mol. The van der Waals surface area contributed by atoms with Crippen LogP contribution in [-0.2, 0) is 26.5 Å². The van der Waals surface area contributed by atoms with Crippen molar-refractivity contribution >= 4 is 99.4 Å². The lowest BCUT2D eigenvalue weighted by molar-refractivity contribution is 0.340. The van der Waals surface area contributed by atoms with Crippen molar-refractivity contribution in [1.29, 1.82) is 0 Å². The summed E-state index contributed by atoms with van der Waals surface area (Å²) >= 11 is 27.2. The number of halogens is 4. The first-order chi connectivity index (χ1) is 29.8. The van der Waals surface area contributed by atoms with E-state index in [2.05, 4.69) is 46.4 Å². The molecule has 2 aromatic heterocycles. The molecule has 62 heavy (non-hydrogen) atoms. The highest BCUT2D eigenvalue weighted by Crippen LogP contribution is 2.34. The lowest BCUT2D eigenvalue weighted by Gasteiger charge is -2.33. The number of benzene rings is 4. The van der Waals surface area contributed by atoms with Crippen molar-refractivity contribution in [2.24, 2.45) is 0 Å². The number of aromatic nitrogens is 2. The van der Waals surface area contributed by atoms with Crippen LogP contribution in [0.1, 0.15) is 25.8 Å². The maximum atomic E-state index is 13.0. The van der Waals surface area contributed by atoms with Crippen molar-refractivity contribution in [3.8, 4) is 28.3 Å². The van der Waals surface area contributed by atoms with Crippen LogP contribution in [0.4, 0.5) is 10.3 Å². The average Bonchev–Trinajstić information content (AvgIpc) is 3.97. The summed E-state index contributed by atoms with van der Waals surface area (Å²) in [5.74, 6) is 0.833. The Kier molecular flexibility index (Phi) is 15.4. The number of ether oxygens (including phenoxy) is 1. The molecule has 4 aromatic carbocycles. The van der Waals surface area contributed by atoms with E-state index >= 15 is 0 Å². The first-order valence-electron chi connectivity index (χ1n) is 19.9. The molecule has 328 valence electrons. The highest BCUT2D eigenvalue weighted by molar-refractivity contribution is 7.89. The minimum absolute atomic E-state index is 0.0825. The lowest BCUT2D eigenvalue weighted by Crippen LogP contribution is -2.48. The van der Waals surface area contributed by atoms with Crippen molar-refractivity contribution in [2.45, 2.75) is 36.5 Å². The zero-order chi connectivity index (χ0) is 44.0. The third-order valence-corrected chi connectivity index (χ3v) is 17.3. The number of sulfonamides is 2. The van der Waals surface area contributed by atoms with Gasteiger partial charge in [0.1, 0.15) is 15.5 Å². The molecule has 2 saturated heterocycles. The van der Waals surface area contributed by atoms with Crippen molar-refractivity contribution in [2.75, 3.05) is 68.8 Å². The monoisotopic (exact) mass is 992 g/mol. The van der Waals surface area contributed by atoms with Gasteiger partial charge in [-0.3, -0.25) is 0 Å². The van der Waals surface area contributed by atoms with E-state index in [-0.39, 0.29) is 19.8 Å². The molecule has 0 bridgehead atoms. The fraction of sp³-hybridized carbons (Fsp3) is 0.302. The summed E-state index contributed by atoms with van der Waals surface area (Å²) in [6, 6.07) is 25.3. The number of rotatable bonds is 12. The van der Waals surface area contributed by atoms with E-state index in [9.17, 15) is 16.8 Å². The zero-order valence-electron chi connectivity index (χ0n) is 33.9. The van der Waals surface area contributed by atoms with Gasteiger partial charge in [-0.15, -0.1) is 22.7 Å². The fourth-order valence-electron chi connectivity index (χ4n) is 6.99. The zero-order valence-corrected chi connectivity index (χ0v) is 40.2. The molecule has 0 saturated carbocycles. The molecule has 4 heterocycles. The normalized spacial score (nSPS) is 15.3. The van der Waals surface area contributed by atoms with Crippen LogP contribution < -0.4 is 14.5 Å². The van der Waals surface area contributed by atoms with Gasteiger partial charge in [0.05, 0.1) is 28.0 Å². The molecule has 8 rings (SSSR count).